The maximum absolute atomic E-state index is 10.5. The van der Waals surface area contributed by atoms with E-state index in [1.54, 1.807) is 0 Å². The maximum atomic E-state index is 10.5. The Morgan fingerprint density at radius 2 is 2.08 bits per heavy atom. The predicted molar refractivity (Wildman–Crippen MR) is 47.0 cm³/mol. The number of fused-ring (bicyclic) bond motifs is 1. The van der Waals surface area contributed by atoms with Crippen molar-refractivity contribution in [3.8, 4) is 0 Å². The third-order valence-electron chi connectivity index (χ3n) is 2.25. The van der Waals surface area contributed by atoms with Crippen molar-refractivity contribution in [2.75, 3.05) is 7.05 Å². The highest BCUT2D eigenvalue weighted by atomic mass is 16.1. The maximum Gasteiger partial charge on any atom is 0.150 e. The second-order valence-electron chi connectivity index (χ2n) is 3.32. The van der Waals surface area contributed by atoms with Gasteiger partial charge in [-0.2, -0.15) is 0 Å². The number of benzene rings is 1. The summed E-state index contributed by atoms with van der Waals surface area (Å²) in [4.78, 5) is 12.7. The lowest BCUT2D eigenvalue weighted by atomic mass is 10.1. The quantitative estimate of drug-likeness (QED) is 0.581. The minimum Gasteiger partial charge on any atom is -0.298 e. The number of aldehydes is 1. The van der Waals surface area contributed by atoms with Gasteiger partial charge in [0.1, 0.15) is 6.29 Å². The Bertz CT molecular complexity index is 320. The molecule has 2 heteroatoms. The number of rotatable bonds is 1. The van der Waals surface area contributed by atoms with E-state index in [4.69, 9.17) is 0 Å². The topological polar surface area (TPSA) is 20.3 Å². The Balaban J connectivity index is 2.41. The van der Waals surface area contributed by atoms with Gasteiger partial charge in [0, 0.05) is 18.7 Å². The summed E-state index contributed by atoms with van der Waals surface area (Å²) in [5, 5.41) is 0. The lowest BCUT2D eigenvalue weighted by molar-refractivity contribution is 0.112. The molecule has 0 atom stereocenters. The molecular formula is C10H11NO. The number of carbonyl (C=O) groups excluding carboxylic acids is 1. The second-order valence-corrected chi connectivity index (χ2v) is 3.32. The fraction of sp³-hybridized carbons (Fsp3) is 0.300. The van der Waals surface area contributed by atoms with Crippen LogP contribution in [0.2, 0.25) is 0 Å². The molecule has 62 valence electrons. The van der Waals surface area contributed by atoms with Crippen molar-refractivity contribution >= 4 is 6.29 Å². The molecule has 1 aliphatic heterocycles. The Labute approximate surface area is 71.8 Å². The molecule has 0 spiro atoms. The lowest BCUT2D eigenvalue weighted by Crippen LogP contribution is -2.07. The van der Waals surface area contributed by atoms with Gasteiger partial charge >= 0.3 is 0 Å². The first kappa shape index (κ1) is 7.50. The smallest absolute Gasteiger partial charge is 0.150 e. The Morgan fingerprint density at radius 3 is 2.83 bits per heavy atom. The van der Waals surface area contributed by atoms with Crippen LogP contribution in [0.15, 0.2) is 18.2 Å². The summed E-state index contributed by atoms with van der Waals surface area (Å²) in [6.07, 6.45) is 0.901. The van der Waals surface area contributed by atoms with E-state index in [9.17, 15) is 4.79 Å². The first-order valence-electron chi connectivity index (χ1n) is 4.05. The molecule has 2 rings (SSSR count). The van der Waals surface area contributed by atoms with Crippen molar-refractivity contribution in [3.05, 3.63) is 34.9 Å². The van der Waals surface area contributed by atoms with Gasteiger partial charge in [0.25, 0.3) is 0 Å². The SMILES string of the molecule is CN1Cc2ccc(C=O)cc2C1. The molecule has 0 aromatic heterocycles. The van der Waals surface area contributed by atoms with Crippen LogP contribution in [0.1, 0.15) is 21.5 Å². The molecule has 1 heterocycles. The number of carbonyl (C=O) groups is 1. The van der Waals surface area contributed by atoms with Gasteiger partial charge in [0.05, 0.1) is 0 Å². The van der Waals surface area contributed by atoms with Crippen molar-refractivity contribution in [2.24, 2.45) is 0 Å². The van der Waals surface area contributed by atoms with Crippen LogP contribution in [0.4, 0.5) is 0 Å². The molecule has 1 aromatic carbocycles. The summed E-state index contributed by atoms with van der Waals surface area (Å²) in [5.74, 6) is 0. The van der Waals surface area contributed by atoms with Crippen LogP contribution in [-0.2, 0) is 13.1 Å². The van der Waals surface area contributed by atoms with Gasteiger partial charge in [0.15, 0.2) is 0 Å². The van der Waals surface area contributed by atoms with Gasteiger partial charge in [-0.15, -0.1) is 0 Å². The fourth-order valence-corrected chi connectivity index (χ4v) is 1.66. The molecule has 12 heavy (non-hydrogen) atoms. The van der Waals surface area contributed by atoms with Crippen LogP contribution in [0.3, 0.4) is 0 Å². The van der Waals surface area contributed by atoms with Crippen molar-refractivity contribution < 1.29 is 4.79 Å². The Kier molecular flexibility index (Phi) is 1.70. The van der Waals surface area contributed by atoms with Crippen LogP contribution < -0.4 is 0 Å². The average molecular weight is 161 g/mol. The molecule has 0 bridgehead atoms. The zero-order chi connectivity index (χ0) is 8.55. The summed E-state index contributed by atoms with van der Waals surface area (Å²) in [6.45, 7) is 1.98. The lowest BCUT2D eigenvalue weighted by Gasteiger charge is -2.02. The van der Waals surface area contributed by atoms with Crippen molar-refractivity contribution in [1.29, 1.82) is 0 Å². The van der Waals surface area contributed by atoms with Gasteiger partial charge in [-0.3, -0.25) is 9.69 Å². The summed E-state index contributed by atoms with van der Waals surface area (Å²) >= 11 is 0. The molecule has 0 amide bonds. The van der Waals surface area contributed by atoms with E-state index in [2.05, 4.69) is 11.9 Å². The number of hydrogen-bond donors (Lipinski definition) is 0. The van der Waals surface area contributed by atoms with E-state index in [0.717, 1.165) is 24.9 Å². The predicted octanol–water partition coefficient (Wildman–Crippen LogP) is 1.44. The van der Waals surface area contributed by atoms with Crippen LogP contribution in [0.25, 0.3) is 0 Å². The normalized spacial score (nSPS) is 16.1. The van der Waals surface area contributed by atoms with E-state index in [0.29, 0.717) is 0 Å². The van der Waals surface area contributed by atoms with Gasteiger partial charge in [-0.1, -0.05) is 12.1 Å². The number of nitrogens with zero attached hydrogens (tertiary/aromatic N) is 1. The molecule has 0 saturated heterocycles. The fourth-order valence-electron chi connectivity index (χ4n) is 1.66. The highest BCUT2D eigenvalue weighted by Gasteiger charge is 2.14. The molecule has 0 saturated carbocycles. The van der Waals surface area contributed by atoms with E-state index in [1.807, 2.05) is 18.2 Å². The van der Waals surface area contributed by atoms with Gasteiger partial charge in [0.2, 0.25) is 0 Å². The van der Waals surface area contributed by atoms with Crippen LogP contribution >= 0.6 is 0 Å². The van der Waals surface area contributed by atoms with E-state index < -0.39 is 0 Å². The van der Waals surface area contributed by atoms with Crippen molar-refractivity contribution in [1.82, 2.24) is 4.90 Å². The van der Waals surface area contributed by atoms with Gasteiger partial charge in [-0.05, 0) is 24.2 Å². The minimum atomic E-state index is 0.782. The van der Waals surface area contributed by atoms with Gasteiger partial charge in [-0.25, -0.2) is 0 Å². The molecule has 0 aliphatic carbocycles. The summed E-state index contributed by atoms with van der Waals surface area (Å²) in [5.41, 5.74) is 3.43. The highest BCUT2D eigenvalue weighted by Crippen LogP contribution is 2.21. The Hall–Kier alpha value is -1.15. The minimum absolute atomic E-state index is 0.782. The van der Waals surface area contributed by atoms with Crippen LogP contribution in [-0.4, -0.2) is 18.2 Å². The molecule has 0 radical (unpaired) electrons. The molecular weight excluding hydrogens is 150 g/mol. The third-order valence-corrected chi connectivity index (χ3v) is 2.25. The van der Waals surface area contributed by atoms with Crippen LogP contribution in [0.5, 0.6) is 0 Å². The van der Waals surface area contributed by atoms with E-state index in [-0.39, 0.29) is 0 Å². The zero-order valence-corrected chi connectivity index (χ0v) is 7.08. The molecule has 1 aromatic rings. The Morgan fingerprint density at radius 1 is 1.33 bits per heavy atom. The summed E-state index contributed by atoms with van der Waals surface area (Å²) in [6, 6.07) is 5.90. The second kappa shape index (κ2) is 2.72. The first-order chi connectivity index (χ1) is 5.79. The van der Waals surface area contributed by atoms with Crippen LogP contribution in [0, 0.1) is 0 Å². The third kappa shape index (κ3) is 1.14. The first-order valence-corrected chi connectivity index (χ1v) is 4.05. The summed E-state index contributed by atoms with van der Waals surface area (Å²) < 4.78 is 0. The molecule has 0 N–H and O–H groups in total. The van der Waals surface area contributed by atoms with E-state index >= 15 is 0 Å². The molecule has 0 unspecified atom stereocenters. The van der Waals surface area contributed by atoms with Gasteiger partial charge < -0.3 is 0 Å². The standard InChI is InChI=1S/C10H11NO/c1-11-5-9-3-2-8(7-12)4-10(9)6-11/h2-4,7H,5-6H2,1H3. The van der Waals surface area contributed by atoms with Crippen molar-refractivity contribution in [2.45, 2.75) is 13.1 Å². The highest BCUT2D eigenvalue weighted by molar-refractivity contribution is 5.75. The molecule has 2 nitrogen and oxygen atoms in total. The zero-order valence-electron chi connectivity index (χ0n) is 7.08. The van der Waals surface area contributed by atoms with Crippen molar-refractivity contribution in [3.63, 3.8) is 0 Å². The largest absolute Gasteiger partial charge is 0.298 e. The van der Waals surface area contributed by atoms with E-state index in [1.165, 1.54) is 11.1 Å². The summed E-state index contributed by atoms with van der Waals surface area (Å²) in [7, 11) is 2.08. The number of hydrogen-bond acceptors (Lipinski definition) is 2. The average Bonchev–Trinajstić information content (AvgIpc) is 2.43. The molecule has 1 aliphatic rings. The molecule has 0 fully saturated rings. The monoisotopic (exact) mass is 161 g/mol.